The third-order valence-corrected chi connectivity index (χ3v) is 1.70. The number of benzene rings is 1. The zero-order valence-corrected chi connectivity index (χ0v) is 10.0. The number of halogens is 1. The monoisotopic (exact) mass is 204 g/mol. The second-order valence-corrected chi connectivity index (χ2v) is 2.67. The Kier molecular flexibility index (Phi) is 4.16. The minimum Gasteiger partial charge on any atom is -0.0843 e. The van der Waals surface area contributed by atoms with Crippen LogP contribution in [-0.4, -0.2) is 0 Å². The second-order valence-electron chi connectivity index (χ2n) is 2.23. The van der Waals surface area contributed by atoms with Crippen LogP contribution in [0.2, 0.25) is 5.02 Å². The SMILES string of the molecule is Cc1ccc(Cl)cc1C.[Zn]. The van der Waals surface area contributed by atoms with Crippen LogP contribution in [0.1, 0.15) is 11.1 Å². The minimum absolute atomic E-state index is 0. The number of rotatable bonds is 0. The summed E-state index contributed by atoms with van der Waals surface area (Å²) in [5.74, 6) is 0. The first-order chi connectivity index (χ1) is 4.20. The molecule has 0 N–H and O–H groups in total. The van der Waals surface area contributed by atoms with Gasteiger partial charge < -0.3 is 0 Å². The van der Waals surface area contributed by atoms with Gasteiger partial charge in [-0.1, -0.05) is 17.7 Å². The molecule has 0 unspecified atom stereocenters. The van der Waals surface area contributed by atoms with Gasteiger partial charge in [0.15, 0.2) is 0 Å². The fraction of sp³-hybridized carbons (Fsp3) is 0.250. The fourth-order valence-electron chi connectivity index (χ4n) is 0.705. The summed E-state index contributed by atoms with van der Waals surface area (Å²) in [7, 11) is 0. The largest absolute Gasteiger partial charge is 0.0843 e. The van der Waals surface area contributed by atoms with Crippen molar-refractivity contribution in [1.29, 1.82) is 0 Å². The first-order valence-corrected chi connectivity index (χ1v) is 3.30. The van der Waals surface area contributed by atoms with Crippen LogP contribution in [-0.2, 0) is 19.5 Å². The average Bonchev–Trinajstić information content (AvgIpc) is 1.80. The molecule has 0 bridgehead atoms. The molecule has 0 aliphatic rings. The summed E-state index contributed by atoms with van der Waals surface area (Å²) in [6.07, 6.45) is 0. The van der Waals surface area contributed by atoms with Crippen molar-refractivity contribution in [3.05, 3.63) is 34.3 Å². The van der Waals surface area contributed by atoms with E-state index in [4.69, 9.17) is 11.6 Å². The zero-order chi connectivity index (χ0) is 6.85. The Balaban J connectivity index is 0.000000810. The zero-order valence-electron chi connectivity index (χ0n) is 6.32. The van der Waals surface area contributed by atoms with Gasteiger partial charge in [-0.3, -0.25) is 0 Å². The molecule has 0 aromatic heterocycles. The van der Waals surface area contributed by atoms with E-state index in [0.717, 1.165) is 5.02 Å². The number of aryl methyl sites for hydroxylation is 2. The molecule has 0 radical (unpaired) electrons. The number of hydrogen-bond donors (Lipinski definition) is 0. The van der Waals surface area contributed by atoms with E-state index in [9.17, 15) is 0 Å². The van der Waals surface area contributed by atoms with Crippen LogP contribution in [0.4, 0.5) is 0 Å². The van der Waals surface area contributed by atoms with Gasteiger partial charge in [0.05, 0.1) is 0 Å². The van der Waals surface area contributed by atoms with Crippen molar-refractivity contribution >= 4 is 11.6 Å². The Morgan fingerprint density at radius 2 is 1.70 bits per heavy atom. The molecule has 50 valence electrons. The van der Waals surface area contributed by atoms with Crippen molar-refractivity contribution < 1.29 is 19.5 Å². The van der Waals surface area contributed by atoms with Gasteiger partial charge >= 0.3 is 0 Å². The van der Waals surface area contributed by atoms with Crippen LogP contribution in [0.5, 0.6) is 0 Å². The van der Waals surface area contributed by atoms with E-state index < -0.39 is 0 Å². The number of hydrogen-bond acceptors (Lipinski definition) is 0. The molecule has 0 aliphatic heterocycles. The summed E-state index contributed by atoms with van der Waals surface area (Å²) in [6.45, 7) is 4.13. The van der Waals surface area contributed by atoms with E-state index in [2.05, 4.69) is 13.8 Å². The maximum Gasteiger partial charge on any atom is 0.0408 e. The van der Waals surface area contributed by atoms with E-state index in [1.807, 2.05) is 18.2 Å². The normalized spacial score (nSPS) is 8.70. The van der Waals surface area contributed by atoms with Gasteiger partial charge in [0.2, 0.25) is 0 Å². The van der Waals surface area contributed by atoms with Crippen LogP contribution in [0.15, 0.2) is 18.2 Å². The topological polar surface area (TPSA) is 0 Å². The second kappa shape index (κ2) is 4.10. The summed E-state index contributed by atoms with van der Waals surface area (Å²) in [5, 5.41) is 0.818. The molecular weight excluding hydrogens is 197 g/mol. The molecule has 0 heterocycles. The molecule has 0 saturated carbocycles. The molecule has 0 saturated heterocycles. The maximum atomic E-state index is 5.72. The van der Waals surface area contributed by atoms with Gasteiger partial charge in [-0.25, -0.2) is 0 Å². The Labute approximate surface area is 79.3 Å². The predicted octanol–water partition coefficient (Wildman–Crippen LogP) is 2.95. The van der Waals surface area contributed by atoms with E-state index >= 15 is 0 Å². The summed E-state index contributed by atoms with van der Waals surface area (Å²) < 4.78 is 0. The van der Waals surface area contributed by atoms with Gasteiger partial charge in [0, 0.05) is 24.5 Å². The standard InChI is InChI=1S/C8H9Cl.Zn/c1-6-3-4-8(9)5-7(6)2;/h3-5H,1-2H3;. The van der Waals surface area contributed by atoms with Crippen molar-refractivity contribution in [3.63, 3.8) is 0 Å². The smallest absolute Gasteiger partial charge is 0.0408 e. The van der Waals surface area contributed by atoms with Crippen LogP contribution in [0.25, 0.3) is 0 Å². The average molecular weight is 206 g/mol. The summed E-state index contributed by atoms with van der Waals surface area (Å²) in [6, 6.07) is 5.90. The van der Waals surface area contributed by atoms with Crippen molar-refractivity contribution in [2.24, 2.45) is 0 Å². The van der Waals surface area contributed by atoms with Crippen LogP contribution in [0, 0.1) is 13.8 Å². The van der Waals surface area contributed by atoms with E-state index in [-0.39, 0.29) is 19.5 Å². The van der Waals surface area contributed by atoms with Crippen molar-refractivity contribution in [2.45, 2.75) is 13.8 Å². The van der Waals surface area contributed by atoms with E-state index in [1.54, 1.807) is 0 Å². The molecule has 0 atom stereocenters. The van der Waals surface area contributed by atoms with Crippen molar-refractivity contribution in [1.82, 2.24) is 0 Å². The Morgan fingerprint density at radius 1 is 1.10 bits per heavy atom. The molecule has 1 aromatic rings. The fourth-order valence-corrected chi connectivity index (χ4v) is 0.931. The molecular formula is C8H9ClZn. The summed E-state index contributed by atoms with van der Waals surface area (Å²) >= 11 is 5.72. The predicted molar refractivity (Wildman–Crippen MR) is 40.9 cm³/mol. The van der Waals surface area contributed by atoms with Crippen molar-refractivity contribution in [2.75, 3.05) is 0 Å². The first-order valence-electron chi connectivity index (χ1n) is 2.93. The summed E-state index contributed by atoms with van der Waals surface area (Å²) in [4.78, 5) is 0. The molecule has 0 amide bonds. The molecule has 0 fully saturated rings. The van der Waals surface area contributed by atoms with Gasteiger partial charge in [-0.2, -0.15) is 0 Å². The van der Waals surface area contributed by atoms with Gasteiger partial charge in [-0.15, -0.1) is 0 Å². The van der Waals surface area contributed by atoms with E-state index in [1.165, 1.54) is 11.1 Å². The summed E-state index contributed by atoms with van der Waals surface area (Å²) in [5.41, 5.74) is 2.54. The quantitative estimate of drug-likeness (QED) is 0.572. The first kappa shape index (κ1) is 10.1. The molecule has 10 heavy (non-hydrogen) atoms. The molecule has 0 spiro atoms. The van der Waals surface area contributed by atoms with Gasteiger partial charge in [0.25, 0.3) is 0 Å². The molecule has 0 aliphatic carbocycles. The van der Waals surface area contributed by atoms with Crippen LogP contribution >= 0.6 is 11.6 Å². The third-order valence-electron chi connectivity index (χ3n) is 1.47. The Hall–Kier alpha value is 0.133. The third kappa shape index (κ3) is 2.40. The Morgan fingerprint density at radius 3 is 2.10 bits per heavy atom. The van der Waals surface area contributed by atoms with Crippen LogP contribution in [0.3, 0.4) is 0 Å². The van der Waals surface area contributed by atoms with E-state index in [0.29, 0.717) is 0 Å². The molecule has 1 rings (SSSR count). The van der Waals surface area contributed by atoms with Crippen molar-refractivity contribution in [3.8, 4) is 0 Å². The molecule has 0 nitrogen and oxygen atoms in total. The molecule has 1 aromatic carbocycles. The van der Waals surface area contributed by atoms with Gasteiger partial charge in [-0.05, 0) is 37.1 Å². The minimum atomic E-state index is 0. The van der Waals surface area contributed by atoms with Gasteiger partial charge in [0.1, 0.15) is 0 Å². The van der Waals surface area contributed by atoms with Crippen LogP contribution < -0.4 is 0 Å². The Bertz CT molecular complexity index is 220. The maximum absolute atomic E-state index is 5.72. The molecule has 2 heteroatoms.